The van der Waals surface area contributed by atoms with Gasteiger partial charge in [0, 0.05) is 23.4 Å². The average Bonchev–Trinajstić information content (AvgIpc) is 2.59. The van der Waals surface area contributed by atoms with Crippen LogP contribution in [-0.4, -0.2) is 4.83 Å². The fraction of sp³-hybridized carbons (Fsp3) is 0.762. The van der Waals surface area contributed by atoms with E-state index in [1.807, 2.05) is 0 Å². The standard InChI is InChI=1S/C21H37BrN.BrH/c1-2-3-4-5-6-7-8-9-10-11-13-16-21(22)17-20-23-18-14-12-15-19-23;/h12,14-15,18-19,21H,2-11,13,16-17,20H2,1H3;1H/q+1;/p-1. The molecule has 1 atom stereocenters. The van der Waals surface area contributed by atoms with Gasteiger partial charge in [0.05, 0.1) is 0 Å². The molecule has 0 aliphatic rings. The molecule has 1 heterocycles. The second-order valence-corrected chi connectivity index (χ2v) is 8.12. The third-order valence-electron chi connectivity index (χ3n) is 4.60. The molecule has 0 aromatic carbocycles. The molecule has 24 heavy (non-hydrogen) atoms. The number of aryl methyl sites for hydroxylation is 1. The van der Waals surface area contributed by atoms with Crippen molar-refractivity contribution in [2.24, 2.45) is 0 Å². The first-order valence-electron chi connectivity index (χ1n) is 9.91. The smallest absolute Gasteiger partial charge is 0.168 e. The number of aromatic nitrogens is 1. The lowest BCUT2D eigenvalue weighted by molar-refractivity contribution is -0.697. The van der Waals surface area contributed by atoms with Crippen molar-refractivity contribution in [1.29, 1.82) is 0 Å². The number of halogens is 2. The summed E-state index contributed by atoms with van der Waals surface area (Å²) in [6.45, 7) is 3.41. The van der Waals surface area contributed by atoms with Crippen LogP contribution in [0.5, 0.6) is 0 Å². The van der Waals surface area contributed by atoms with E-state index >= 15 is 0 Å². The molecule has 0 aliphatic heterocycles. The molecule has 140 valence electrons. The van der Waals surface area contributed by atoms with E-state index < -0.39 is 0 Å². The molecule has 3 heteroatoms. The SMILES string of the molecule is CCCCCCCCCCCCCC(Br)CC[n+]1ccccc1.[Br-]. The van der Waals surface area contributed by atoms with E-state index in [2.05, 4.69) is 58.0 Å². The maximum Gasteiger partial charge on any atom is 0.168 e. The molecule has 1 aromatic heterocycles. The molecule has 0 radical (unpaired) electrons. The van der Waals surface area contributed by atoms with Crippen LogP contribution in [0.2, 0.25) is 0 Å². The van der Waals surface area contributed by atoms with Crippen molar-refractivity contribution in [2.45, 2.75) is 102 Å². The number of unbranched alkanes of at least 4 members (excludes halogenated alkanes) is 10. The molecule has 0 saturated carbocycles. The Morgan fingerprint density at radius 3 is 1.75 bits per heavy atom. The highest BCUT2D eigenvalue weighted by atomic mass is 79.9. The van der Waals surface area contributed by atoms with E-state index in [1.54, 1.807) is 0 Å². The van der Waals surface area contributed by atoms with Crippen molar-refractivity contribution < 1.29 is 21.5 Å². The van der Waals surface area contributed by atoms with Crippen LogP contribution < -0.4 is 21.5 Å². The van der Waals surface area contributed by atoms with Crippen molar-refractivity contribution in [3.8, 4) is 0 Å². The first kappa shape index (κ1) is 24.1. The number of rotatable bonds is 15. The Balaban J connectivity index is 0.00000529. The van der Waals surface area contributed by atoms with Gasteiger partial charge >= 0.3 is 0 Å². The van der Waals surface area contributed by atoms with Crippen LogP contribution >= 0.6 is 15.9 Å². The first-order valence-corrected chi connectivity index (χ1v) is 10.8. The Bertz CT molecular complexity index is 356. The lowest BCUT2D eigenvalue weighted by Crippen LogP contribution is -3.00. The Labute approximate surface area is 169 Å². The highest BCUT2D eigenvalue weighted by Gasteiger charge is 2.07. The molecule has 0 N–H and O–H groups in total. The van der Waals surface area contributed by atoms with Crippen molar-refractivity contribution in [3.05, 3.63) is 30.6 Å². The van der Waals surface area contributed by atoms with Crippen molar-refractivity contribution in [2.75, 3.05) is 0 Å². The van der Waals surface area contributed by atoms with Gasteiger partial charge < -0.3 is 17.0 Å². The van der Waals surface area contributed by atoms with Gasteiger partial charge in [0.2, 0.25) is 0 Å². The molecular formula is C21H37Br2N. The molecule has 0 spiro atoms. The van der Waals surface area contributed by atoms with Crippen LogP contribution in [0.4, 0.5) is 0 Å². The van der Waals surface area contributed by atoms with Gasteiger partial charge in [0.25, 0.3) is 0 Å². The molecule has 0 saturated heterocycles. The second kappa shape index (κ2) is 17.9. The Hall–Kier alpha value is 0.110. The maximum atomic E-state index is 3.85. The Morgan fingerprint density at radius 1 is 0.708 bits per heavy atom. The van der Waals surface area contributed by atoms with Crippen molar-refractivity contribution in [3.63, 3.8) is 0 Å². The van der Waals surface area contributed by atoms with Gasteiger partial charge in [0.1, 0.15) is 6.54 Å². The lowest BCUT2D eigenvalue weighted by atomic mass is 10.0. The summed E-state index contributed by atoms with van der Waals surface area (Å²) in [5, 5.41) is 0. The van der Waals surface area contributed by atoms with Crippen LogP contribution in [0.15, 0.2) is 30.6 Å². The molecule has 0 fully saturated rings. The van der Waals surface area contributed by atoms with Gasteiger partial charge in [-0.2, -0.15) is 0 Å². The highest BCUT2D eigenvalue weighted by Crippen LogP contribution is 2.16. The van der Waals surface area contributed by atoms with Crippen LogP contribution in [0.1, 0.15) is 90.4 Å². The lowest BCUT2D eigenvalue weighted by Gasteiger charge is -2.07. The fourth-order valence-electron chi connectivity index (χ4n) is 3.05. The maximum absolute atomic E-state index is 3.85. The molecule has 0 bridgehead atoms. The predicted octanol–water partition coefficient (Wildman–Crippen LogP) is 3.83. The number of hydrogen-bond donors (Lipinski definition) is 0. The molecule has 1 rings (SSSR count). The molecule has 0 aliphatic carbocycles. The topological polar surface area (TPSA) is 3.88 Å². The normalized spacial score (nSPS) is 11.9. The van der Waals surface area contributed by atoms with Crippen LogP contribution in [-0.2, 0) is 6.54 Å². The number of nitrogens with zero attached hydrogens (tertiary/aromatic N) is 1. The highest BCUT2D eigenvalue weighted by molar-refractivity contribution is 9.09. The summed E-state index contributed by atoms with van der Waals surface area (Å²) >= 11 is 3.85. The van der Waals surface area contributed by atoms with Gasteiger partial charge in [-0.15, -0.1) is 0 Å². The van der Waals surface area contributed by atoms with E-state index in [1.165, 1.54) is 83.5 Å². The summed E-state index contributed by atoms with van der Waals surface area (Å²) in [7, 11) is 0. The van der Waals surface area contributed by atoms with Crippen LogP contribution in [0, 0.1) is 0 Å². The summed E-state index contributed by atoms with van der Waals surface area (Å²) in [5.74, 6) is 0. The van der Waals surface area contributed by atoms with Gasteiger partial charge in [-0.1, -0.05) is 99.5 Å². The van der Waals surface area contributed by atoms with E-state index in [-0.39, 0.29) is 17.0 Å². The zero-order valence-corrected chi connectivity index (χ0v) is 18.7. The van der Waals surface area contributed by atoms with Gasteiger partial charge in [0.15, 0.2) is 12.4 Å². The number of pyridine rings is 1. The summed E-state index contributed by atoms with van der Waals surface area (Å²) in [5.41, 5.74) is 0. The van der Waals surface area contributed by atoms with Gasteiger partial charge in [-0.3, -0.25) is 0 Å². The first-order chi connectivity index (χ1) is 11.3. The zero-order valence-electron chi connectivity index (χ0n) is 15.6. The van der Waals surface area contributed by atoms with E-state index in [0.29, 0.717) is 4.83 Å². The third-order valence-corrected chi connectivity index (χ3v) is 5.51. The number of alkyl halides is 1. The molecule has 1 nitrogen and oxygen atoms in total. The predicted molar refractivity (Wildman–Crippen MR) is 105 cm³/mol. The summed E-state index contributed by atoms with van der Waals surface area (Å²) in [6.07, 6.45) is 22.6. The van der Waals surface area contributed by atoms with Gasteiger partial charge in [-0.05, 0) is 6.42 Å². The quantitative estimate of drug-likeness (QED) is 0.212. The van der Waals surface area contributed by atoms with Crippen molar-refractivity contribution in [1.82, 2.24) is 0 Å². The van der Waals surface area contributed by atoms with E-state index in [0.717, 1.165) is 6.54 Å². The minimum Gasteiger partial charge on any atom is -1.00 e. The molecule has 0 amide bonds. The third kappa shape index (κ3) is 14.5. The summed E-state index contributed by atoms with van der Waals surface area (Å²) in [6, 6.07) is 6.29. The van der Waals surface area contributed by atoms with Gasteiger partial charge in [-0.25, -0.2) is 4.57 Å². The molecule has 1 unspecified atom stereocenters. The fourth-order valence-corrected chi connectivity index (χ4v) is 3.58. The largest absolute Gasteiger partial charge is 1.00 e. The van der Waals surface area contributed by atoms with E-state index in [4.69, 9.17) is 0 Å². The Kier molecular flexibility index (Phi) is 18.0. The average molecular weight is 463 g/mol. The summed E-state index contributed by atoms with van der Waals surface area (Å²) < 4.78 is 2.27. The van der Waals surface area contributed by atoms with E-state index in [9.17, 15) is 0 Å². The zero-order chi connectivity index (χ0) is 16.6. The minimum atomic E-state index is 0. The Morgan fingerprint density at radius 2 is 1.21 bits per heavy atom. The second-order valence-electron chi connectivity index (χ2n) is 6.82. The van der Waals surface area contributed by atoms with Crippen LogP contribution in [0.25, 0.3) is 0 Å². The molecular weight excluding hydrogens is 426 g/mol. The minimum absolute atomic E-state index is 0. The van der Waals surface area contributed by atoms with Crippen molar-refractivity contribution >= 4 is 15.9 Å². The number of hydrogen-bond acceptors (Lipinski definition) is 0. The monoisotopic (exact) mass is 461 g/mol. The molecule has 1 aromatic rings. The summed E-state index contributed by atoms with van der Waals surface area (Å²) in [4.78, 5) is 0.675. The van der Waals surface area contributed by atoms with Crippen LogP contribution in [0.3, 0.4) is 0 Å².